The molecule has 4 aliphatic carbocycles. The van der Waals surface area contributed by atoms with Gasteiger partial charge in [-0.25, -0.2) is 4.98 Å². The molecular formula is C20H20ClN3O3S. The Bertz CT molecular complexity index is 938. The van der Waals surface area contributed by atoms with Crippen molar-refractivity contribution in [3.05, 3.63) is 50.0 Å². The molecule has 0 saturated heterocycles. The van der Waals surface area contributed by atoms with Gasteiger partial charge in [0.05, 0.1) is 21.2 Å². The van der Waals surface area contributed by atoms with Gasteiger partial charge in [0.15, 0.2) is 5.13 Å². The number of anilines is 1. The van der Waals surface area contributed by atoms with Crippen molar-refractivity contribution < 1.29 is 9.72 Å². The molecule has 0 aliphatic heterocycles. The number of nitro groups is 1. The molecule has 1 N–H and O–H groups in total. The van der Waals surface area contributed by atoms with Crippen LogP contribution in [0.2, 0.25) is 5.02 Å². The van der Waals surface area contributed by atoms with E-state index < -0.39 is 10.8 Å². The van der Waals surface area contributed by atoms with E-state index in [1.165, 1.54) is 68.1 Å². The fraction of sp³-hybridized carbons (Fsp3) is 0.500. The Morgan fingerprint density at radius 3 is 2.43 bits per heavy atom. The fourth-order valence-corrected chi connectivity index (χ4v) is 7.05. The summed E-state index contributed by atoms with van der Waals surface area (Å²) in [6, 6.07) is 3.85. The summed E-state index contributed by atoms with van der Waals surface area (Å²) in [5.41, 5.74) is 1.39. The summed E-state index contributed by atoms with van der Waals surface area (Å²) in [7, 11) is 0. The van der Waals surface area contributed by atoms with Gasteiger partial charge in [-0.1, -0.05) is 11.6 Å². The first-order valence-electron chi connectivity index (χ1n) is 9.63. The van der Waals surface area contributed by atoms with Crippen LogP contribution >= 0.6 is 22.9 Å². The number of carbonyl (C=O) groups is 1. The molecule has 0 radical (unpaired) electrons. The van der Waals surface area contributed by atoms with E-state index in [0.29, 0.717) is 5.13 Å². The number of thiazole rings is 1. The van der Waals surface area contributed by atoms with Gasteiger partial charge in [0.25, 0.3) is 11.6 Å². The third kappa shape index (κ3) is 3.01. The van der Waals surface area contributed by atoms with E-state index in [-0.39, 0.29) is 21.7 Å². The Morgan fingerprint density at radius 2 is 1.86 bits per heavy atom. The molecule has 0 spiro atoms. The topological polar surface area (TPSA) is 85.1 Å². The fourth-order valence-electron chi connectivity index (χ4n) is 5.97. The molecule has 28 heavy (non-hydrogen) atoms. The van der Waals surface area contributed by atoms with E-state index in [2.05, 4.69) is 10.7 Å². The number of aromatic nitrogens is 1. The van der Waals surface area contributed by atoms with Crippen LogP contribution in [0.4, 0.5) is 10.8 Å². The highest BCUT2D eigenvalue weighted by atomic mass is 35.5. The summed E-state index contributed by atoms with van der Waals surface area (Å²) < 4.78 is 0. The number of benzene rings is 1. The first kappa shape index (κ1) is 18.1. The van der Waals surface area contributed by atoms with Crippen LogP contribution in [0.1, 0.15) is 54.6 Å². The SMILES string of the molecule is O=C(Nc1nc(C23CC4CC(CC(C4)C2)C3)cs1)c1ccc([N+](=O)[O-])cc1Cl. The van der Waals surface area contributed by atoms with Crippen LogP contribution in [-0.4, -0.2) is 15.8 Å². The smallest absolute Gasteiger partial charge is 0.270 e. The number of nitro benzene ring substituents is 1. The predicted molar refractivity (Wildman–Crippen MR) is 108 cm³/mol. The Morgan fingerprint density at radius 1 is 1.21 bits per heavy atom. The number of nitrogens with one attached hydrogen (secondary N) is 1. The maximum Gasteiger partial charge on any atom is 0.270 e. The molecule has 4 aliphatic rings. The van der Waals surface area contributed by atoms with Gasteiger partial charge in [-0.15, -0.1) is 11.3 Å². The molecule has 0 unspecified atom stereocenters. The monoisotopic (exact) mass is 417 g/mol. The van der Waals surface area contributed by atoms with Crippen LogP contribution in [0, 0.1) is 27.9 Å². The second-order valence-corrected chi connectivity index (χ2v) is 9.88. The number of non-ortho nitro benzene ring substituents is 1. The molecule has 4 fully saturated rings. The van der Waals surface area contributed by atoms with Gasteiger partial charge in [0, 0.05) is 22.9 Å². The highest BCUT2D eigenvalue weighted by Crippen LogP contribution is 2.60. The summed E-state index contributed by atoms with van der Waals surface area (Å²) in [5, 5.41) is 16.4. The van der Waals surface area contributed by atoms with Gasteiger partial charge in [0.2, 0.25) is 0 Å². The van der Waals surface area contributed by atoms with Crippen molar-refractivity contribution in [2.24, 2.45) is 17.8 Å². The standard InChI is InChI=1S/C20H20ClN3O3S/c21-16-6-14(24(26)27)1-2-15(16)18(25)23-19-22-17(10-28-19)20-7-11-3-12(8-20)5-13(4-11)9-20/h1-2,6,10-13H,3-5,7-9H2,(H,22,23,25). The van der Waals surface area contributed by atoms with Gasteiger partial charge in [-0.3, -0.25) is 20.2 Å². The van der Waals surface area contributed by atoms with Crippen molar-refractivity contribution in [1.29, 1.82) is 0 Å². The van der Waals surface area contributed by atoms with Crippen LogP contribution in [-0.2, 0) is 5.41 Å². The van der Waals surface area contributed by atoms with Crippen molar-refractivity contribution in [2.75, 3.05) is 5.32 Å². The summed E-state index contributed by atoms with van der Waals surface area (Å²) in [5.74, 6) is 2.12. The van der Waals surface area contributed by atoms with E-state index in [9.17, 15) is 14.9 Å². The lowest BCUT2D eigenvalue weighted by molar-refractivity contribution is -0.384. The second-order valence-electron chi connectivity index (χ2n) is 8.61. The number of halogens is 1. The molecule has 0 atom stereocenters. The summed E-state index contributed by atoms with van der Waals surface area (Å²) >= 11 is 7.51. The minimum atomic E-state index is -0.536. The highest BCUT2D eigenvalue weighted by Gasteiger charge is 2.52. The van der Waals surface area contributed by atoms with Crippen LogP contribution in [0.15, 0.2) is 23.6 Å². The Kier molecular flexibility index (Phi) is 4.21. The maximum atomic E-state index is 12.6. The molecule has 2 aromatic rings. The Labute approximate surface area is 171 Å². The molecule has 1 aromatic carbocycles. The van der Waals surface area contributed by atoms with E-state index in [4.69, 9.17) is 16.6 Å². The molecule has 146 valence electrons. The minimum Gasteiger partial charge on any atom is -0.298 e. The first-order valence-corrected chi connectivity index (χ1v) is 10.9. The van der Waals surface area contributed by atoms with Crippen LogP contribution < -0.4 is 5.32 Å². The molecular weight excluding hydrogens is 398 g/mol. The zero-order valence-corrected chi connectivity index (χ0v) is 16.8. The van der Waals surface area contributed by atoms with Gasteiger partial charge in [-0.05, 0) is 62.3 Å². The van der Waals surface area contributed by atoms with Gasteiger partial charge in [0.1, 0.15) is 0 Å². The molecule has 8 heteroatoms. The van der Waals surface area contributed by atoms with Gasteiger partial charge in [-0.2, -0.15) is 0 Å². The number of rotatable bonds is 4. The normalized spacial score (nSPS) is 30.4. The molecule has 4 saturated carbocycles. The Balaban J connectivity index is 1.35. The predicted octanol–water partition coefficient (Wildman–Crippen LogP) is 5.42. The molecule has 6 rings (SSSR count). The molecule has 1 aromatic heterocycles. The van der Waals surface area contributed by atoms with Crippen molar-refractivity contribution in [3.8, 4) is 0 Å². The van der Waals surface area contributed by atoms with E-state index in [1.54, 1.807) is 0 Å². The number of hydrogen-bond donors (Lipinski definition) is 1. The lowest BCUT2D eigenvalue weighted by Gasteiger charge is -2.56. The van der Waals surface area contributed by atoms with Crippen LogP contribution in [0.25, 0.3) is 0 Å². The average molecular weight is 418 g/mol. The lowest BCUT2D eigenvalue weighted by atomic mass is 9.49. The van der Waals surface area contributed by atoms with E-state index >= 15 is 0 Å². The second kappa shape index (κ2) is 6.52. The molecule has 1 amide bonds. The third-order valence-electron chi connectivity index (χ3n) is 6.71. The van der Waals surface area contributed by atoms with Crippen molar-refractivity contribution >= 4 is 39.7 Å². The highest BCUT2D eigenvalue weighted by molar-refractivity contribution is 7.14. The largest absolute Gasteiger partial charge is 0.298 e. The summed E-state index contributed by atoms with van der Waals surface area (Å²) in [4.78, 5) is 27.6. The maximum absolute atomic E-state index is 12.6. The zero-order valence-electron chi connectivity index (χ0n) is 15.2. The number of carbonyl (C=O) groups excluding carboxylic acids is 1. The quantitative estimate of drug-likeness (QED) is 0.531. The van der Waals surface area contributed by atoms with Gasteiger partial charge >= 0.3 is 0 Å². The summed E-state index contributed by atoms with van der Waals surface area (Å²) in [6.07, 6.45) is 7.82. The van der Waals surface area contributed by atoms with Crippen molar-refractivity contribution in [3.63, 3.8) is 0 Å². The van der Waals surface area contributed by atoms with Crippen LogP contribution in [0.3, 0.4) is 0 Å². The number of hydrogen-bond acceptors (Lipinski definition) is 5. The minimum absolute atomic E-state index is 0.0598. The molecule has 4 bridgehead atoms. The zero-order chi connectivity index (χ0) is 19.5. The Hall–Kier alpha value is -1.99. The first-order chi connectivity index (χ1) is 13.4. The molecule has 1 heterocycles. The van der Waals surface area contributed by atoms with Crippen molar-refractivity contribution in [2.45, 2.75) is 43.9 Å². The molecule has 6 nitrogen and oxygen atoms in total. The summed E-state index contributed by atoms with van der Waals surface area (Å²) in [6.45, 7) is 0. The number of nitrogens with zero attached hydrogens (tertiary/aromatic N) is 2. The van der Waals surface area contributed by atoms with E-state index in [1.807, 2.05) is 0 Å². The van der Waals surface area contributed by atoms with Crippen LogP contribution in [0.5, 0.6) is 0 Å². The average Bonchev–Trinajstić information content (AvgIpc) is 3.09. The lowest BCUT2D eigenvalue weighted by Crippen LogP contribution is -2.48. The third-order valence-corrected chi connectivity index (χ3v) is 7.78. The number of amides is 1. The van der Waals surface area contributed by atoms with Crippen molar-refractivity contribution in [1.82, 2.24) is 4.98 Å². The van der Waals surface area contributed by atoms with E-state index in [0.717, 1.165) is 23.4 Å². The van der Waals surface area contributed by atoms with Gasteiger partial charge < -0.3 is 0 Å².